The van der Waals surface area contributed by atoms with E-state index in [9.17, 15) is 4.79 Å². The lowest BCUT2D eigenvalue weighted by molar-refractivity contribution is -0.132. The van der Waals surface area contributed by atoms with E-state index in [4.69, 9.17) is 9.84 Å². The summed E-state index contributed by atoms with van der Waals surface area (Å²) in [4.78, 5) is 9.60. The highest BCUT2D eigenvalue weighted by Crippen LogP contribution is 2.32. The Kier molecular flexibility index (Phi) is 5.80. The summed E-state index contributed by atoms with van der Waals surface area (Å²) in [5.41, 5.74) is 3.79. The molecule has 4 nitrogen and oxygen atoms in total. The van der Waals surface area contributed by atoms with E-state index < -0.39 is 5.97 Å². The summed E-state index contributed by atoms with van der Waals surface area (Å²) in [6, 6.07) is 25.4. The van der Waals surface area contributed by atoms with Gasteiger partial charge in [-0.25, -0.2) is 4.79 Å². The van der Waals surface area contributed by atoms with Crippen LogP contribution in [-0.4, -0.2) is 22.2 Å². The van der Waals surface area contributed by atoms with E-state index in [0.717, 1.165) is 11.4 Å². The highest BCUT2D eigenvalue weighted by molar-refractivity contribution is 6.09. The van der Waals surface area contributed by atoms with Gasteiger partial charge >= 0.3 is 5.97 Å². The monoisotopic (exact) mass is 373 g/mol. The van der Waals surface area contributed by atoms with Gasteiger partial charge < -0.3 is 14.4 Å². The van der Waals surface area contributed by atoms with Crippen molar-refractivity contribution in [3.05, 3.63) is 84.9 Å². The van der Waals surface area contributed by atoms with Crippen molar-refractivity contribution < 1.29 is 14.6 Å². The molecule has 1 heterocycles. The molecule has 0 aliphatic heterocycles. The van der Waals surface area contributed by atoms with Gasteiger partial charge in [-0.05, 0) is 50.2 Å². The minimum atomic E-state index is -0.935. The normalized spacial score (nSPS) is 10.4. The lowest BCUT2D eigenvalue weighted by Gasteiger charge is -2.09. The van der Waals surface area contributed by atoms with Gasteiger partial charge in [0.15, 0.2) is 0 Å². The first kappa shape index (κ1) is 19.2. The van der Waals surface area contributed by atoms with E-state index in [0.29, 0.717) is 6.61 Å². The van der Waals surface area contributed by atoms with Crippen LogP contribution in [0.15, 0.2) is 84.9 Å². The quantitative estimate of drug-likeness (QED) is 0.458. The SMILES string of the molecule is C=C(C)C(=O)O.CCOc1ccc(-n2c3ccccc3c3ccccc32)cc1. The number of para-hydroxylation sites is 2. The van der Waals surface area contributed by atoms with Crippen LogP contribution in [-0.2, 0) is 4.79 Å². The number of carbonyl (C=O) groups is 1. The molecule has 0 aliphatic rings. The van der Waals surface area contributed by atoms with Gasteiger partial charge in [0.2, 0.25) is 0 Å². The van der Waals surface area contributed by atoms with Gasteiger partial charge in [0.05, 0.1) is 17.6 Å². The lowest BCUT2D eigenvalue weighted by atomic mass is 10.2. The number of aromatic nitrogens is 1. The minimum absolute atomic E-state index is 0.176. The Bertz CT molecular complexity index is 1060. The molecular formula is C24H23NO3. The van der Waals surface area contributed by atoms with E-state index in [1.807, 2.05) is 19.1 Å². The molecule has 0 unspecified atom stereocenters. The molecule has 0 radical (unpaired) electrons. The molecule has 0 saturated heterocycles. The highest BCUT2D eigenvalue weighted by Gasteiger charge is 2.10. The van der Waals surface area contributed by atoms with Gasteiger partial charge in [0, 0.05) is 22.0 Å². The standard InChI is InChI=1S/C20H17NO.C4H6O2/c1-2-22-16-13-11-15(12-14-16)21-19-9-5-3-7-17(19)18-8-4-6-10-20(18)21;1-3(2)4(5)6/h3-14H,2H2,1H3;1H2,2H3,(H,5,6). The summed E-state index contributed by atoms with van der Waals surface area (Å²) < 4.78 is 7.85. The topological polar surface area (TPSA) is 51.5 Å². The van der Waals surface area contributed by atoms with Crippen molar-refractivity contribution in [1.82, 2.24) is 4.57 Å². The third-order valence-corrected chi connectivity index (χ3v) is 4.35. The van der Waals surface area contributed by atoms with Crippen LogP contribution in [0.3, 0.4) is 0 Å². The van der Waals surface area contributed by atoms with Gasteiger partial charge in [0.1, 0.15) is 5.75 Å². The molecule has 0 bridgehead atoms. The second kappa shape index (κ2) is 8.44. The first-order valence-electron chi connectivity index (χ1n) is 9.13. The Labute approximate surface area is 164 Å². The number of aliphatic carboxylic acids is 1. The molecule has 1 N–H and O–H groups in total. The molecule has 4 heteroatoms. The number of hydrogen-bond acceptors (Lipinski definition) is 2. The van der Waals surface area contributed by atoms with Crippen molar-refractivity contribution in [2.45, 2.75) is 13.8 Å². The van der Waals surface area contributed by atoms with Gasteiger partial charge in [-0.2, -0.15) is 0 Å². The van der Waals surface area contributed by atoms with Crippen molar-refractivity contribution >= 4 is 27.8 Å². The second-order valence-electron chi connectivity index (χ2n) is 6.38. The van der Waals surface area contributed by atoms with Crippen molar-refractivity contribution in [2.75, 3.05) is 6.61 Å². The lowest BCUT2D eigenvalue weighted by Crippen LogP contribution is -1.95. The molecule has 0 aliphatic carbocycles. The van der Waals surface area contributed by atoms with Crippen LogP contribution in [0.2, 0.25) is 0 Å². The molecule has 3 aromatic carbocycles. The third kappa shape index (κ3) is 3.91. The van der Waals surface area contributed by atoms with Crippen LogP contribution < -0.4 is 4.74 Å². The molecular weight excluding hydrogens is 350 g/mol. The number of nitrogens with zero attached hydrogens (tertiary/aromatic N) is 1. The number of carboxylic acids is 1. The van der Waals surface area contributed by atoms with Crippen LogP contribution in [0.1, 0.15) is 13.8 Å². The molecule has 142 valence electrons. The molecule has 0 amide bonds. The summed E-state index contributed by atoms with van der Waals surface area (Å²) in [7, 11) is 0. The predicted molar refractivity (Wildman–Crippen MR) is 114 cm³/mol. The summed E-state index contributed by atoms with van der Waals surface area (Å²) in [5.74, 6) is -0.0259. The number of fused-ring (bicyclic) bond motifs is 3. The summed E-state index contributed by atoms with van der Waals surface area (Å²) >= 11 is 0. The van der Waals surface area contributed by atoms with Gasteiger partial charge in [-0.1, -0.05) is 43.0 Å². The summed E-state index contributed by atoms with van der Waals surface area (Å²) in [5, 5.41) is 10.5. The largest absolute Gasteiger partial charge is 0.494 e. The first-order valence-corrected chi connectivity index (χ1v) is 9.13. The van der Waals surface area contributed by atoms with Gasteiger partial charge in [-0.15, -0.1) is 0 Å². The fourth-order valence-electron chi connectivity index (χ4n) is 3.06. The maximum absolute atomic E-state index is 9.60. The van der Waals surface area contributed by atoms with Crippen molar-refractivity contribution in [3.63, 3.8) is 0 Å². The molecule has 4 aromatic rings. The van der Waals surface area contributed by atoms with Crippen LogP contribution in [0.4, 0.5) is 0 Å². The average molecular weight is 373 g/mol. The van der Waals surface area contributed by atoms with E-state index in [-0.39, 0.29) is 5.57 Å². The number of ether oxygens (including phenoxy) is 1. The molecule has 0 atom stereocenters. The fourth-order valence-corrected chi connectivity index (χ4v) is 3.06. The average Bonchev–Trinajstić information content (AvgIpc) is 3.04. The van der Waals surface area contributed by atoms with E-state index in [1.165, 1.54) is 28.7 Å². The maximum Gasteiger partial charge on any atom is 0.330 e. The molecule has 0 fully saturated rings. The van der Waals surface area contributed by atoms with Crippen LogP contribution in [0.25, 0.3) is 27.5 Å². The first-order chi connectivity index (χ1) is 13.5. The zero-order valence-corrected chi connectivity index (χ0v) is 16.1. The summed E-state index contributed by atoms with van der Waals surface area (Å²) in [6.07, 6.45) is 0. The maximum atomic E-state index is 9.60. The van der Waals surface area contributed by atoms with Crippen LogP contribution >= 0.6 is 0 Å². The number of benzene rings is 3. The zero-order valence-electron chi connectivity index (χ0n) is 16.1. The van der Waals surface area contributed by atoms with Crippen LogP contribution in [0, 0.1) is 0 Å². The highest BCUT2D eigenvalue weighted by atomic mass is 16.5. The van der Waals surface area contributed by atoms with Gasteiger partial charge in [0.25, 0.3) is 0 Å². The smallest absolute Gasteiger partial charge is 0.330 e. The Balaban J connectivity index is 0.000000330. The molecule has 28 heavy (non-hydrogen) atoms. The van der Waals surface area contributed by atoms with E-state index in [2.05, 4.69) is 71.8 Å². The Morgan fingerprint density at radius 2 is 1.39 bits per heavy atom. The predicted octanol–water partition coefficient (Wildman–Crippen LogP) is 5.83. The van der Waals surface area contributed by atoms with Gasteiger partial charge in [-0.3, -0.25) is 0 Å². The van der Waals surface area contributed by atoms with Crippen molar-refractivity contribution in [1.29, 1.82) is 0 Å². The molecule has 0 saturated carbocycles. The molecule has 0 spiro atoms. The Morgan fingerprint density at radius 1 is 0.929 bits per heavy atom. The van der Waals surface area contributed by atoms with E-state index >= 15 is 0 Å². The number of carboxylic acid groups (broad SMARTS) is 1. The summed E-state index contributed by atoms with van der Waals surface area (Å²) in [6.45, 7) is 7.29. The minimum Gasteiger partial charge on any atom is -0.494 e. The van der Waals surface area contributed by atoms with Crippen LogP contribution in [0.5, 0.6) is 5.75 Å². The Morgan fingerprint density at radius 3 is 1.82 bits per heavy atom. The van der Waals surface area contributed by atoms with Crippen molar-refractivity contribution in [2.24, 2.45) is 0 Å². The van der Waals surface area contributed by atoms with Crippen molar-refractivity contribution in [3.8, 4) is 11.4 Å². The third-order valence-electron chi connectivity index (χ3n) is 4.35. The second-order valence-corrected chi connectivity index (χ2v) is 6.38. The fraction of sp³-hybridized carbons (Fsp3) is 0.125. The van der Waals surface area contributed by atoms with E-state index in [1.54, 1.807) is 0 Å². The Hall–Kier alpha value is -3.53. The zero-order chi connectivity index (χ0) is 20.1. The number of hydrogen-bond donors (Lipinski definition) is 1. The molecule has 1 aromatic heterocycles. The number of rotatable bonds is 4. The molecule has 4 rings (SSSR count).